The van der Waals surface area contributed by atoms with Crippen molar-refractivity contribution in [1.82, 2.24) is 0 Å². The number of benzene rings is 1. The van der Waals surface area contributed by atoms with Crippen LogP contribution in [0.3, 0.4) is 0 Å². The molecule has 120 valence electrons. The molecular formula is C20H29NO. The van der Waals surface area contributed by atoms with Crippen LogP contribution < -0.4 is 4.90 Å². The van der Waals surface area contributed by atoms with Crippen LogP contribution in [0.25, 0.3) is 0 Å². The van der Waals surface area contributed by atoms with Gasteiger partial charge in [-0.1, -0.05) is 64.8 Å². The largest absolute Gasteiger partial charge is 0.305 e. The van der Waals surface area contributed by atoms with E-state index in [1.165, 1.54) is 24.8 Å². The molecule has 0 heterocycles. The average molecular weight is 299 g/mol. The lowest BCUT2D eigenvalue weighted by Crippen LogP contribution is -2.43. The topological polar surface area (TPSA) is 20.3 Å². The Morgan fingerprint density at radius 3 is 2.27 bits per heavy atom. The molecule has 0 aromatic heterocycles. The minimum absolute atomic E-state index is 0.0128. The standard InChI is InChI=1S/C20H29NO/c1-15(2)19(22)21(16-11-7-6-8-12-16)18-14-10-9-13-17(18)20(3,4)5/h9-10,13-14,16H,1,6-8,11-12H2,2-5H3. The number of carbonyl (C=O) groups excluding carboxylic acids is 1. The summed E-state index contributed by atoms with van der Waals surface area (Å²) in [5, 5.41) is 0. The van der Waals surface area contributed by atoms with Gasteiger partial charge in [0.05, 0.1) is 0 Å². The highest BCUT2D eigenvalue weighted by atomic mass is 16.2. The Labute approximate surface area is 135 Å². The maximum absolute atomic E-state index is 12.8. The summed E-state index contributed by atoms with van der Waals surface area (Å²) in [6.45, 7) is 12.3. The third-order valence-electron chi connectivity index (χ3n) is 4.50. The van der Waals surface area contributed by atoms with E-state index >= 15 is 0 Å². The predicted octanol–water partition coefficient (Wildman–Crippen LogP) is 5.23. The molecule has 2 heteroatoms. The number of rotatable bonds is 3. The summed E-state index contributed by atoms with van der Waals surface area (Å²) in [6.07, 6.45) is 5.89. The van der Waals surface area contributed by atoms with Crippen LogP contribution in [0.5, 0.6) is 0 Å². The molecule has 22 heavy (non-hydrogen) atoms. The van der Waals surface area contributed by atoms with Gasteiger partial charge in [-0.2, -0.15) is 0 Å². The monoisotopic (exact) mass is 299 g/mol. The van der Waals surface area contributed by atoms with E-state index < -0.39 is 0 Å². The summed E-state index contributed by atoms with van der Waals surface area (Å²) < 4.78 is 0. The van der Waals surface area contributed by atoms with Gasteiger partial charge in [0.2, 0.25) is 0 Å². The zero-order valence-corrected chi connectivity index (χ0v) is 14.5. The predicted molar refractivity (Wildman–Crippen MR) is 94.3 cm³/mol. The summed E-state index contributed by atoms with van der Waals surface area (Å²) in [5.74, 6) is 0.0728. The minimum atomic E-state index is 0.0128. The van der Waals surface area contributed by atoms with Gasteiger partial charge in [0.15, 0.2) is 0 Å². The number of amides is 1. The van der Waals surface area contributed by atoms with Gasteiger partial charge in [-0.15, -0.1) is 0 Å². The van der Waals surface area contributed by atoms with Crippen LogP contribution >= 0.6 is 0 Å². The zero-order chi connectivity index (χ0) is 16.3. The lowest BCUT2D eigenvalue weighted by Gasteiger charge is -2.37. The molecule has 0 bridgehead atoms. The highest BCUT2D eigenvalue weighted by Crippen LogP contribution is 2.36. The first kappa shape index (κ1) is 16.8. The summed E-state index contributed by atoms with van der Waals surface area (Å²) in [5.41, 5.74) is 2.93. The van der Waals surface area contributed by atoms with Crippen molar-refractivity contribution < 1.29 is 4.79 Å². The van der Waals surface area contributed by atoms with Gasteiger partial charge in [0, 0.05) is 17.3 Å². The molecular weight excluding hydrogens is 270 g/mol. The van der Waals surface area contributed by atoms with Crippen LogP contribution in [0.4, 0.5) is 5.69 Å². The van der Waals surface area contributed by atoms with Gasteiger partial charge in [0.1, 0.15) is 0 Å². The number of para-hydroxylation sites is 1. The van der Waals surface area contributed by atoms with Crippen molar-refractivity contribution in [3.8, 4) is 0 Å². The molecule has 0 aliphatic heterocycles. The second kappa shape index (κ2) is 6.68. The molecule has 0 spiro atoms. The van der Waals surface area contributed by atoms with Crippen molar-refractivity contribution in [2.45, 2.75) is 71.3 Å². The molecule has 1 aliphatic carbocycles. The van der Waals surface area contributed by atoms with Crippen molar-refractivity contribution in [2.75, 3.05) is 4.90 Å². The average Bonchev–Trinajstić information content (AvgIpc) is 2.48. The molecule has 1 fully saturated rings. The fourth-order valence-electron chi connectivity index (χ4n) is 3.33. The van der Waals surface area contributed by atoms with Gasteiger partial charge in [-0.25, -0.2) is 0 Å². The molecule has 1 saturated carbocycles. The van der Waals surface area contributed by atoms with E-state index in [0.29, 0.717) is 11.6 Å². The maximum Gasteiger partial charge on any atom is 0.253 e. The Morgan fingerprint density at radius 1 is 1.14 bits per heavy atom. The second-order valence-corrected chi connectivity index (χ2v) is 7.51. The third kappa shape index (κ3) is 3.60. The Balaban J connectivity index is 2.49. The highest BCUT2D eigenvalue weighted by molar-refractivity contribution is 6.05. The molecule has 0 saturated heterocycles. The van der Waals surface area contributed by atoms with Crippen molar-refractivity contribution in [3.05, 3.63) is 42.0 Å². The molecule has 1 aromatic rings. The summed E-state index contributed by atoms with van der Waals surface area (Å²) in [4.78, 5) is 14.9. The smallest absolute Gasteiger partial charge is 0.253 e. The Hall–Kier alpha value is -1.57. The van der Waals surface area contributed by atoms with Gasteiger partial charge in [0.25, 0.3) is 5.91 Å². The lowest BCUT2D eigenvalue weighted by molar-refractivity contribution is -0.115. The molecule has 1 aromatic carbocycles. The normalized spacial score (nSPS) is 16.4. The number of carbonyl (C=O) groups is 1. The van der Waals surface area contributed by atoms with E-state index in [2.05, 4.69) is 45.5 Å². The summed E-state index contributed by atoms with van der Waals surface area (Å²) in [6, 6.07) is 8.65. The summed E-state index contributed by atoms with van der Waals surface area (Å²) in [7, 11) is 0. The summed E-state index contributed by atoms with van der Waals surface area (Å²) >= 11 is 0. The molecule has 2 rings (SSSR count). The highest BCUT2D eigenvalue weighted by Gasteiger charge is 2.30. The molecule has 1 aliphatic rings. The van der Waals surface area contributed by atoms with Gasteiger partial charge in [-0.05, 0) is 36.8 Å². The minimum Gasteiger partial charge on any atom is -0.305 e. The fourth-order valence-corrected chi connectivity index (χ4v) is 3.33. The first-order chi connectivity index (χ1) is 10.3. The van der Waals surface area contributed by atoms with Crippen LogP contribution in [-0.2, 0) is 10.2 Å². The van der Waals surface area contributed by atoms with Crippen molar-refractivity contribution >= 4 is 11.6 Å². The van der Waals surface area contributed by atoms with Crippen LogP contribution in [0.1, 0.15) is 65.4 Å². The fraction of sp³-hybridized carbons (Fsp3) is 0.550. The second-order valence-electron chi connectivity index (χ2n) is 7.51. The molecule has 0 atom stereocenters. The van der Waals surface area contributed by atoms with Crippen molar-refractivity contribution in [3.63, 3.8) is 0 Å². The Kier molecular flexibility index (Phi) is 5.10. The van der Waals surface area contributed by atoms with E-state index in [9.17, 15) is 4.79 Å². The van der Waals surface area contributed by atoms with E-state index in [1.807, 2.05) is 17.9 Å². The van der Waals surface area contributed by atoms with Gasteiger partial charge >= 0.3 is 0 Å². The maximum atomic E-state index is 12.8. The number of hydrogen-bond acceptors (Lipinski definition) is 1. The van der Waals surface area contributed by atoms with E-state index in [1.54, 1.807) is 0 Å². The molecule has 2 nitrogen and oxygen atoms in total. The van der Waals surface area contributed by atoms with Crippen LogP contribution in [-0.4, -0.2) is 11.9 Å². The van der Waals surface area contributed by atoms with Crippen molar-refractivity contribution in [1.29, 1.82) is 0 Å². The van der Waals surface area contributed by atoms with Crippen LogP contribution in [0.15, 0.2) is 36.4 Å². The number of anilines is 1. The van der Waals surface area contributed by atoms with Gasteiger partial charge in [-0.3, -0.25) is 4.79 Å². The molecule has 0 radical (unpaired) electrons. The lowest BCUT2D eigenvalue weighted by atomic mass is 9.84. The molecule has 1 amide bonds. The Bertz CT molecular complexity index is 547. The zero-order valence-electron chi connectivity index (χ0n) is 14.5. The first-order valence-electron chi connectivity index (χ1n) is 8.41. The number of hydrogen-bond donors (Lipinski definition) is 0. The number of nitrogens with zero attached hydrogens (tertiary/aromatic N) is 1. The van der Waals surface area contributed by atoms with E-state index in [-0.39, 0.29) is 11.3 Å². The Morgan fingerprint density at radius 2 is 1.73 bits per heavy atom. The third-order valence-corrected chi connectivity index (χ3v) is 4.50. The van der Waals surface area contributed by atoms with E-state index in [4.69, 9.17) is 0 Å². The SMILES string of the molecule is C=C(C)C(=O)N(c1ccccc1C(C)(C)C)C1CCCCC1. The molecule has 0 N–H and O–H groups in total. The quantitative estimate of drug-likeness (QED) is 0.700. The first-order valence-corrected chi connectivity index (χ1v) is 8.41. The van der Waals surface area contributed by atoms with Crippen molar-refractivity contribution in [2.24, 2.45) is 0 Å². The van der Waals surface area contributed by atoms with Gasteiger partial charge < -0.3 is 4.90 Å². The van der Waals surface area contributed by atoms with Crippen LogP contribution in [0, 0.1) is 0 Å². The molecule has 0 unspecified atom stereocenters. The van der Waals surface area contributed by atoms with Crippen LogP contribution in [0.2, 0.25) is 0 Å². The van der Waals surface area contributed by atoms with E-state index in [0.717, 1.165) is 18.5 Å².